The molecule has 20 heavy (non-hydrogen) atoms. The van der Waals surface area contributed by atoms with Crippen LogP contribution in [0.3, 0.4) is 0 Å². The number of anilines is 1. The average molecular weight is 276 g/mol. The van der Waals surface area contributed by atoms with E-state index in [9.17, 15) is 14.9 Å². The quantitative estimate of drug-likeness (QED) is 0.469. The largest absolute Gasteiger partial charge is 0.481 e. The van der Waals surface area contributed by atoms with Gasteiger partial charge in [0, 0.05) is 30.5 Å². The van der Waals surface area contributed by atoms with E-state index in [-0.39, 0.29) is 12.1 Å². The van der Waals surface area contributed by atoms with Gasteiger partial charge in [0.1, 0.15) is 12.1 Å². The zero-order valence-corrected chi connectivity index (χ0v) is 10.4. The van der Waals surface area contributed by atoms with Gasteiger partial charge in [-0.05, 0) is 12.5 Å². The molecular formula is C12H12N4O4. The lowest BCUT2D eigenvalue weighted by atomic mass is 10.2. The molecule has 0 bridgehead atoms. The Balaban J connectivity index is 2.21. The molecule has 0 spiro atoms. The van der Waals surface area contributed by atoms with E-state index in [1.165, 1.54) is 18.5 Å². The van der Waals surface area contributed by atoms with Crippen LogP contribution in [0.5, 0.6) is 0 Å². The number of hydrogen-bond acceptors (Lipinski definition) is 6. The zero-order chi connectivity index (χ0) is 14.5. The van der Waals surface area contributed by atoms with Gasteiger partial charge in [-0.3, -0.25) is 14.9 Å². The molecule has 0 saturated carbocycles. The molecule has 0 aliphatic rings. The highest BCUT2D eigenvalue weighted by atomic mass is 16.6. The smallest absolute Gasteiger partial charge is 0.303 e. The third-order valence-corrected chi connectivity index (χ3v) is 2.69. The molecule has 1 heterocycles. The Morgan fingerprint density at radius 2 is 2.20 bits per heavy atom. The number of hydrogen-bond donors (Lipinski definition) is 2. The van der Waals surface area contributed by atoms with Crippen molar-refractivity contribution in [3.05, 3.63) is 34.6 Å². The van der Waals surface area contributed by atoms with Gasteiger partial charge in [-0.1, -0.05) is 0 Å². The first-order valence-corrected chi connectivity index (χ1v) is 5.93. The summed E-state index contributed by atoms with van der Waals surface area (Å²) in [5.41, 5.74) is 0.548. The van der Waals surface area contributed by atoms with E-state index in [1.807, 2.05) is 0 Å². The highest BCUT2D eigenvalue weighted by Crippen LogP contribution is 2.24. The predicted molar refractivity (Wildman–Crippen MR) is 71.6 cm³/mol. The lowest BCUT2D eigenvalue weighted by molar-refractivity contribution is -0.384. The standard InChI is InChI=1S/C12H12N4O4/c17-11(18)2-1-5-13-12-9-6-8(16(19)20)3-4-10(9)14-7-15-12/h3-4,6-7H,1-2,5H2,(H,17,18)(H,13,14,15). The fourth-order valence-corrected chi connectivity index (χ4v) is 1.75. The normalized spacial score (nSPS) is 10.4. The fourth-order valence-electron chi connectivity index (χ4n) is 1.75. The molecular weight excluding hydrogens is 264 g/mol. The number of carbonyl (C=O) groups is 1. The molecule has 2 aromatic rings. The number of aliphatic carboxylic acids is 1. The minimum absolute atomic E-state index is 0.0408. The Labute approximate surface area is 113 Å². The minimum Gasteiger partial charge on any atom is -0.481 e. The molecule has 1 aromatic carbocycles. The summed E-state index contributed by atoms with van der Waals surface area (Å²) >= 11 is 0. The Morgan fingerprint density at radius 3 is 2.90 bits per heavy atom. The molecule has 2 N–H and O–H groups in total. The first kappa shape index (κ1) is 13.7. The van der Waals surface area contributed by atoms with Crippen LogP contribution in [0.4, 0.5) is 11.5 Å². The van der Waals surface area contributed by atoms with Crippen LogP contribution in [0.25, 0.3) is 10.9 Å². The SMILES string of the molecule is O=C(O)CCCNc1ncnc2ccc([N+](=O)[O-])cc12. The van der Waals surface area contributed by atoms with E-state index in [4.69, 9.17) is 5.11 Å². The van der Waals surface area contributed by atoms with Gasteiger partial charge in [0.15, 0.2) is 0 Å². The molecule has 2 rings (SSSR count). The molecule has 0 unspecified atom stereocenters. The summed E-state index contributed by atoms with van der Waals surface area (Å²) in [5, 5.41) is 22.8. The van der Waals surface area contributed by atoms with Gasteiger partial charge in [-0.25, -0.2) is 9.97 Å². The zero-order valence-electron chi connectivity index (χ0n) is 10.4. The molecule has 0 fully saturated rings. The van der Waals surface area contributed by atoms with Gasteiger partial charge in [0.25, 0.3) is 5.69 Å². The van der Waals surface area contributed by atoms with Crippen molar-refractivity contribution < 1.29 is 14.8 Å². The van der Waals surface area contributed by atoms with Gasteiger partial charge in [0.2, 0.25) is 0 Å². The molecule has 0 saturated heterocycles. The number of carboxylic acid groups (broad SMARTS) is 1. The molecule has 8 heteroatoms. The lowest BCUT2D eigenvalue weighted by Gasteiger charge is -2.07. The van der Waals surface area contributed by atoms with E-state index >= 15 is 0 Å². The Bertz CT molecular complexity index is 659. The monoisotopic (exact) mass is 276 g/mol. The molecule has 104 valence electrons. The highest BCUT2D eigenvalue weighted by molar-refractivity contribution is 5.90. The van der Waals surface area contributed by atoms with Gasteiger partial charge >= 0.3 is 5.97 Å². The number of nitrogens with one attached hydrogen (secondary N) is 1. The third-order valence-electron chi connectivity index (χ3n) is 2.69. The van der Waals surface area contributed by atoms with Crippen molar-refractivity contribution >= 4 is 28.4 Å². The third kappa shape index (κ3) is 3.16. The van der Waals surface area contributed by atoms with Crippen LogP contribution in [0.2, 0.25) is 0 Å². The molecule has 0 aliphatic heterocycles. The second kappa shape index (κ2) is 5.91. The van der Waals surface area contributed by atoms with Crippen molar-refractivity contribution in [1.29, 1.82) is 0 Å². The van der Waals surface area contributed by atoms with Gasteiger partial charge in [-0.2, -0.15) is 0 Å². The maximum Gasteiger partial charge on any atom is 0.303 e. The number of fused-ring (bicyclic) bond motifs is 1. The van der Waals surface area contributed by atoms with Gasteiger partial charge < -0.3 is 10.4 Å². The predicted octanol–water partition coefficient (Wildman–Crippen LogP) is 1.81. The molecule has 0 radical (unpaired) electrons. The van der Waals surface area contributed by atoms with Crippen LogP contribution in [0, 0.1) is 10.1 Å². The fraction of sp³-hybridized carbons (Fsp3) is 0.250. The van der Waals surface area contributed by atoms with Crippen molar-refractivity contribution in [2.45, 2.75) is 12.8 Å². The van der Waals surface area contributed by atoms with Crippen LogP contribution in [0.1, 0.15) is 12.8 Å². The Hall–Kier alpha value is -2.77. The molecule has 1 aromatic heterocycles. The van der Waals surface area contributed by atoms with Crippen molar-refractivity contribution in [1.82, 2.24) is 9.97 Å². The number of nitro benzene ring substituents is 1. The van der Waals surface area contributed by atoms with Crippen molar-refractivity contribution in [3.8, 4) is 0 Å². The van der Waals surface area contributed by atoms with Gasteiger partial charge in [-0.15, -0.1) is 0 Å². The number of non-ortho nitro benzene ring substituents is 1. The maximum absolute atomic E-state index is 10.8. The van der Waals surface area contributed by atoms with E-state index in [0.29, 0.717) is 29.7 Å². The van der Waals surface area contributed by atoms with Crippen molar-refractivity contribution in [3.63, 3.8) is 0 Å². The molecule has 8 nitrogen and oxygen atoms in total. The van der Waals surface area contributed by atoms with Crippen LogP contribution >= 0.6 is 0 Å². The Kier molecular flexibility index (Phi) is 4.04. The average Bonchev–Trinajstić information content (AvgIpc) is 2.42. The summed E-state index contributed by atoms with van der Waals surface area (Å²) in [6.07, 6.45) is 1.85. The van der Waals surface area contributed by atoms with Gasteiger partial charge in [0.05, 0.1) is 10.4 Å². The van der Waals surface area contributed by atoms with Crippen molar-refractivity contribution in [2.75, 3.05) is 11.9 Å². The first-order valence-electron chi connectivity index (χ1n) is 5.93. The lowest BCUT2D eigenvalue weighted by Crippen LogP contribution is -2.06. The van der Waals surface area contributed by atoms with E-state index in [2.05, 4.69) is 15.3 Å². The Morgan fingerprint density at radius 1 is 1.40 bits per heavy atom. The van der Waals surface area contributed by atoms with E-state index < -0.39 is 10.9 Å². The molecule has 0 aliphatic carbocycles. The molecule has 0 atom stereocenters. The summed E-state index contributed by atoms with van der Waals surface area (Å²) in [6.45, 7) is 0.418. The number of benzene rings is 1. The summed E-state index contributed by atoms with van der Waals surface area (Å²) in [5.74, 6) is -0.404. The van der Waals surface area contributed by atoms with E-state index in [0.717, 1.165) is 0 Å². The number of nitrogens with zero attached hydrogens (tertiary/aromatic N) is 3. The van der Waals surface area contributed by atoms with Crippen molar-refractivity contribution in [2.24, 2.45) is 0 Å². The van der Waals surface area contributed by atoms with E-state index in [1.54, 1.807) is 6.07 Å². The van der Waals surface area contributed by atoms with Crippen LogP contribution in [-0.4, -0.2) is 32.5 Å². The number of rotatable bonds is 6. The second-order valence-electron chi connectivity index (χ2n) is 4.10. The summed E-state index contributed by atoms with van der Waals surface area (Å²) in [6, 6.07) is 4.33. The highest BCUT2D eigenvalue weighted by Gasteiger charge is 2.10. The summed E-state index contributed by atoms with van der Waals surface area (Å²) < 4.78 is 0. The number of aromatic nitrogens is 2. The minimum atomic E-state index is -0.866. The second-order valence-corrected chi connectivity index (χ2v) is 4.10. The number of carboxylic acids is 1. The topological polar surface area (TPSA) is 118 Å². The van der Waals surface area contributed by atoms with Crippen LogP contribution < -0.4 is 5.32 Å². The molecule has 0 amide bonds. The summed E-state index contributed by atoms with van der Waals surface area (Å²) in [4.78, 5) is 28.8. The number of nitro groups is 1. The maximum atomic E-state index is 10.8. The first-order chi connectivity index (χ1) is 9.58. The summed E-state index contributed by atoms with van der Waals surface area (Å²) in [7, 11) is 0. The van der Waals surface area contributed by atoms with Crippen LogP contribution in [0.15, 0.2) is 24.5 Å². The van der Waals surface area contributed by atoms with Crippen LogP contribution in [-0.2, 0) is 4.79 Å².